The van der Waals surface area contributed by atoms with Crippen molar-refractivity contribution in [1.29, 1.82) is 0 Å². The van der Waals surface area contributed by atoms with Crippen LogP contribution in [0.25, 0.3) is 0 Å². The van der Waals surface area contributed by atoms with Crippen LogP contribution >= 0.6 is 0 Å². The predicted octanol–water partition coefficient (Wildman–Crippen LogP) is -1.59. The standard InChI is InChI=1S/C9H17F3N8/c10-9(11,12)4-1-2-5-6(3-4)20-8(14-16-18-20)7-13-15-17-19(5)7/h4-8,13-18H,1-3H2. The van der Waals surface area contributed by atoms with Crippen molar-refractivity contribution in [2.45, 2.75) is 49.9 Å². The van der Waals surface area contributed by atoms with Gasteiger partial charge in [-0.25, -0.2) is 20.9 Å². The molecule has 4 aliphatic rings. The van der Waals surface area contributed by atoms with Gasteiger partial charge in [-0.05, 0) is 19.3 Å². The van der Waals surface area contributed by atoms with E-state index in [0.717, 1.165) is 0 Å². The van der Waals surface area contributed by atoms with E-state index >= 15 is 0 Å². The molecule has 0 aromatic rings. The normalized spacial score (nSPS) is 46.0. The quantitative estimate of drug-likeness (QED) is 0.319. The van der Waals surface area contributed by atoms with Gasteiger partial charge >= 0.3 is 6.18 Å². The summed E-state index contributed by atoms with van der Waals surface area (Å²) in [5, 5.41) is 3.82. The summed E-state index contributed by atoms with van der Waals surface area (Å²) in [5.41, 5.74) is 17.6. The number of hydrazine groups is 6. The molecule has 1 aliphatic carbocycles. The van der Waals surface area contributed by atoms with Gasteiger partial charge < -0.3 is 0 Å². The summed E-state index contributed by atoms with van der Waals surface area (Å²) in [6, 6.07) is -0.195. The number of piperazine rings is 1. The monoisotopic (exact) mass is 294 g/mol. The lowest BCUT2D eigenvalue weighted by molar-refractivity contribution is -0.202. The van der Waals surface area contributed by atoms with Crippen molar-refractivity contribution in [1.82, 2.24) is 43.0 Å². The number of alkyl halides is 3. The van der Waals surface area contributed by atoms with E-state index < -0.39 is 12.1 Å². The van der Waals surface area contributed by atoms with Crippen LogP contribution in [0.4, 0.5) is 13.2 Å². The molecule has 11 heteroatoms. The van der Waals surface area contributed by atoms with Crippen LogP contribution in [-0.4, -0.2) is 40.6 Å². The predicted molar refractivity (Wildman–Crippen MR) is 61.0 cm³/mol. The zero-order valence-electron chi connectivity index (χ0n) is 10.5. The number of rotatable bonds is 0. The van der Waals surface area contributed by atoms with Gasteiger partial charge in [0.1, 0.15) is 12.3 Å². The van der Waals surface area contributed by atoms with Gasteiger partial charge in [-0.2, -0.15) is 35.3 Å². The van der Waals surface area contributed by atoms with Gasteiger partial charge in [0.15, 0.2) is 0 Å². The van der Waals surface area contributed by atoms with Gasteiger partial charge in [0.25, 0.3) is 0 Å². The molecule has 4 rings (SSSR count). The Morgan fingerprint density at radius 1 is 0.850 bits per heavy atom. The van der Waals surface area contributed by atoms with Crippen LogP contribution in [0.3, 0.4) is 0 Å². The Labute approximate surface area is 113 Å². The first-order valence-electron chi connectivity index (χ1n) is 6.71. The number of hydrogen-bond donors (Lipinski definition) is 6. The van der Waals surface area contributed by atoms with E-state index in [-0.39, 0.29) is 37.3 Å². The Morgan fingerprint density at radius 2 is 1.45 bits per heavy atom. The van der Waals surface area contributed by atoms with Crippen molar-refractivity contribution >= 4 is 0 Å². The van der Waals surface area contributed by atoms with E-state index in [2.05, 4.69) is 33.0 Å². The van der Waals surface area contributed by atoms with Crippen molar-refractivity contribution in [2.75, 3.05) is 0 Å². The van der Waals surface area contributed by atoms with Crippen LogP contribution in [0.5, 0.6) is 0 Å². The maximum absolute atomic E-state index is 13.0. The molecule has 0 aromatic heterocycles. The third-order valence-electron chi connectivity index (χ3n) is 4.67. The van der Waals surface area contributed by atoms with Crippen LogP contribution in [0, 0.1) is 5.92 Å². The smallest absolute Gasteiger partial charge is 0.221 e. The summed E-state index contributed by atoms with van der Waals surface area (Å²) in [6.45, 7) is 0. The molecule has 0 bridgehead atoms. The van der Waals surface area contributed by atoms with E-state index in [9.17, 15) is 13.2 Å². The summed E-state index contributed by atoms with van der Waals surface area (Å²) in [4.78, 5) is 0. The molecule has 20 heavy (non-hydrogen) atoms. The zero-order valence-corrected chi connectivity index (χ0v) is 10.5. The maximum atomic E-state index is 13.0. The van der Waals surface area contributed by atoms with E-state index in [1.807, 2.05) is 10.0 Å². The van der Waals surface area contributed by atoms with Crippen LogP contribution < -0.4 is 33.0 Å². The number of halogens is 3. The highest BCUT2D eigenvalue weighted by Crippen LogP contribution is 2.42. The Hall–Kier alpha value is -0.530. The Bertz CT molecular complexity index is 392. The number of nitrogens with one attached hydrogen (secondary N) is 6. The lowest BCUT2D eigenvalue weighted by Gasteiger charge is -2.51. The summed E-state index contributed by atoms with van der Waals surface area (Å²) < 4.78 is 39.0. The van der Waals surface area contributed by atoms with Crippen LogP contribution in [0.1, 0.15) is 19.3 Å². The molecule has 1 saturated carbocycles. The molecule has 114 valence electrons. The molecular formula is C9H17F3N8. The summed E-state index contributed by atoms with van der Waals surface area (Å²) >= 11 is 0. The topological polar surface area (TPSA) is 78.7 Å². The third-order valence-corrected chi connectivity index (χ3v) is 4.67. The molecule has 3 aliphatic heterocycles. The van der Waals surface area contributed by atoms with Gasteiger partial charge in [0.2, 0.25) is 0 Å². The fourth-order valence-corrected chi connectivity index (χ4v) is 3.71. The van der Waals surface area contributed by atoms with Crippen molar-refractivity contribution in [3.63, 3.8) is 0 Å². The van der Waals surface area contributed by atoms with Crippen molar-refractivity contribution in [3.05, 3.63) is 0 Å². The molecule has 4 fully saturated rings. The largest absolute Gasteiger partial charge is 0.391 e. The Morgan fingerprint density at radius 3 is 2.05 bits per heavy atom. The molecule has 0 amide bonds. The third kappa shape index (κ3) is 1.86. The molecule has 0 spiro atoms. The van der Waals surface area contributed by atoms with Gasteiger partial charge in [-0.1, -0.05) is 0 Å². The van der Waals surface area contributed by atoms with E-state index in [4.69, 9.17) is 0 Å². The molecular weight excluding hydrogens is 277 g/mol. The van der Waals surface area contributed by atoms with Gasteiger partial charge in [-0.3, -0.25) is 0 Å². The first kappa shape index (κ1) is 13.2. The second-order valence-corrected chi connectivity index (χ2v) is 5.65. The summed E-state index contributed by atoms with van der Waals surface area (Å²) in [5.74, 6) is -1.23. The molecule has 0 radical (unpaired) electrons. The van der Waals surface area contributed by atoms with E-state index in [1.54, 1.807) is 0 Å². The number of hydrogen-bond acceptors (Lipinski definition) is 8. The first-order valence-corrected chi connectivity index (χ1v) is 6.71. The van der Waals surface area contributed by atoms with Crippen LogP contribution in [0.2, 0.25) is 0 Å². The highest BCUT2D eigenvalue weighted by atomic mass is 19.4. The minimum Gasteiger partial charge on any atom is -0.221 e. The van der Waals surface area contributed by atoms with Crippen LogP contribution in [-0.2, 0) is 0 Å². The summed E-state index contributed by atoms with van der Waals surface area (Å²) in [6.07, 6.45) is -3.56. The second kappa shape index (κ2) is 4.48. The molecule has 8 nitrogen and oxygen atoms in total. The average molecular weight is 294 g/mol. The van der Waals surface area contributed by atoms with Crippen molar-refractivity contribution < 1.29 is 13.2 Å². The van der Waals surface area contributed by atoms with E-state index in [0.29, 0.717) is 6.42 Å². The molecule has 6 N–H and O–H groups in total. The summed E-state index contributed by atoms with van der Waals surface area (Å²) in [7, 11) is 0. The van der Waals surface area contributed by atoms with Crippen molar-refractivity contribution in [3.8, 4) is 0 Å². The van der Waals surface area contributed by atoms with Crippen LogP contribution in [0.15, 0.2) is 0 Å². The van der Waals surface area contributed by atoms with Gasteiger partial charge in [0.05, 0.1) is 5.92 Å². The maximum Gasteiger partial charge on any atom is 0.391 e. The molecule has 3 saturated heterocycles. The lowest BCUT2D eigenvalue weighted by Crippen LogP contribution is -2.73. The second-order valence-electron chi connectivity index (χ2n) is 5.65. The average Bonchev–Trinajstić information content (AvgIpc) is 3.05. The lowest BCUT2D eigenvalue weighted by atomic mass is 9.79. The molecule has 5 unspecified atom stereocenters. The first-order chi connectivity index (χ1) is 9.55. The Balaban J connectivity index is 1.60. The fourth-order valence-electron chi connectivity index (χ4n) is 3.71. The fraction of sp³-hybridized carbons (Fsp3) is 1.00. The molecule has 3 heterocycles. The Kier molecular flexibility index (Phi) is 2.95. The molecule has 5 atom stereocenters. The van der Waals surface area contributed by atoms with Gasteiger partial charge in [-0.15, -0.1) is 0 Å². The minimum absolute atomic E-state index is 0.0200. The highest BCUT2D eigenvalue weighted by molar-refractivity contribution is 5.02. The SMILES string of the molecule is FC(F)(F)C1CCC2C(C1)N1NNNC1C1NNNN21. The zero-order chi connectivity index (χ0) is 13.9. The number of fused-ring (bicyclic) bond motifs is 6. The number of nitrogens with zero attached hydrogens (tertiary/aromatic N) is 2. The van der Waals surface area contributed by atoms with Crippen molar-refractivity contribution in [2.24, 2.45) is 5.92 Å². The van der Waals surface area contributed by atoms with Gasteiger partial charge in [0, 0.05) is 12.1 Å². The highest BCUT2D eigenvalue weighted by Gasteiger charge is 2.56. The van der Waals surface area contributed by atoms with E-state index in [1.165, 1.54) is 0 Å². The minimum atomic E-state index is -4.12. The molecule has 0 aromatic carbocycles.